The fourth-order valence-electron chi connectivity index (χ4n) is 2.86. The minimum atomic E-state index is 0.490. The maximum Gasteiger partial charge on any atom is 0.190 e. The predicted molar refractivity (Wildman–Crippen MR) is 99.8 cm³/mol. The highest BCUT2D eigenvalue weighted by Crippen LogP contribution is 2.20. The first-order valence-corrected chi connectivity index (χ1v) is 9.32. The van der Waals surface area contributed by atoms with Gasteiger partial charge in [0.25, 0.3) is 0 Å². The lowest BCUT2D eigenvalue weighted by atomic mass is 9.98. The molecule has 2 N–H and O–H groups in total. The van der Waals surface area contributed by atoms with Gasteiger partial charge in [-0.15, -0.1) is 0 Å². The summed E-state index contributed by atoms with van der Waals surface area (Å²) in [7, 11) is 1.79. The molecule has 0 bridgehead atoms. The summed E-state index contributed by atoms with van der Waals surface area (Å²) < 4.78 is 5.93. The largest absolute Gasteiger partial charge is 0.378 e. The molecule has 0 radical (unpaired) electrons. The first-order chi connectivity index (χ1) is 11.8. The molecule has 1 saturated carbocycles. The third-order valence-electron chi connectivity index (χ3n) is 4.24. The van der Waals surface area contributed by atoms with Gasteiger partial charge in [-0.25, -0.2) is 4.98 Å². The van der Waals surface area contributed by atoms with Crippen LogP contribution in [0.2, 0.25) is 5.15 Å². The Labute approximate surface area is 150 Å². The molecule has 0 unspecified atom stereocenters. The molecular weight excluding hydrogens is 324 g/mol. The number of halogens is 1. The minimum Gasteiger partial charge on any atom is -0.378 e. The summed E-state index contributed by atoms with van der Waals surface area (Å²) in [6, 6.07) is 3.81. The maximum absolute atomic E-state index is 5.93. The van der Waals surface area contributed by atoms with Crippen molar-refractivity contribution < 1.29 is 4.74 Å². The number of guanidine groups is 1. The van der Waals surface area contributed by atoms with Crippen LogP contribution in [0.25, 0.3) is 0 Å². The van der Waals surface area contributed by atoms with E-state index < -0.39 is 0 Å². The highest BCUT2D eigenvalue weighted by atomic mass is 35.5. The molecule has 1 aromatic heterocycles. The second-order valence-electron chi connectivity index (χ2n) is 6.15. The quantitative estimate of drug-likeness (QED) is 0.326. The summed E-state index contributed by atoms with van der Waals surface area (Å²) in [6.45, 7) is 2.50. The zero-order chi connectivity index (χ0) is 17.0. The van der Waals surface area contributed by atoms with Gasteiger partial charge in [-0.3, -0.25) is 4.99 Å². The number of rotatable bonds is 8. The highest BCUT2D eigenvalue weighted by molar-refractivity contribution is 6.29. The summed E-state index contributed by atoms with van der Waals surface area (Å²) in [5.41, 5.74) is 1.16. The summed E-state index contributed by atoms with van der Waals surface area (Å²) in [5, 5.41) is 7.16. The van der Waals surface area contributed by atoms with Crippen molar-refractivity contribution in [2.75, 3.05) is 26.7 Å². The molecular formula is C18H29ClN4O. The summed E-state index contributed by atoms with van der Waals surface area (Å²) in [5.74, 6) is 0.828. The van der Waals surface area contributed by atoms with E-state index in [9.17, 15) is 0 Å². The van der Waals surface area contributed by atoms with Crippen molar-refractivity contribution in [1.29, 1.82) is 0 Å². The topological polar surface area (TPSA) is 58.5 Å². The lowest BCUT2D eigenvalue weighted by Crippen LogP contribution is -2.39. The van der Waals surface area contributed by atoms with Gasteiger partial charge in [0.05, 0.1) is 6.10 Å². The van der Waals surface area contributed by atoms with E-state index in [1.807, 2.05) is 18.3 Å². The number of ether oxygens (including phenoxy) is 1. The Kier molecular flexibility index (Phi) is 8.92. The van der Waals surface area contributed by atoms with Crippen molar-refractivity contribution in [1.82, 2.24) is 15.6 Å². The number of hydrogen-bond donors (Lipinski definition) is 2. The Morgan fingerprint density at radius 2 is 2.04 bits per heavy atom. The summed E-state index contributed by atoms with van der Waals surface area (Å²) >= 11 is 5.78. The number of nitrogens with one attached hydrogen (secondary N) is 2. The zero-order valence-corrected chi connectivity index (χ0v) is 15.3. The molecule has 24 heavy (non-hydrogen) atoms. The molecule has 0 amide bonds. The molecule has 1 aliphatic carbocycles. The van der Waals surface area contributed by atoms with Crippen molar-refractivity contribution in [3.63, 3.8) is 0 Å². The Bertz CT molecular complexity index is 486. The second-order valence-corrected chi connectivity index (χ2v) is 6.54. The second kappa shape index (κ2) is 11.3. The number of aromatic nitrogens is 1. The number of aliphatic imine (C=N–C) groups is 1. The Morgan fingerprint density at radius 1 is 1.25 bits per heavy atom. The van der Waals surface area contributed by atoms with E-state index in [-0.39, 0.29) is 0 Å². The molecule has 1 aromatic rings. The van der Waals surface area contributed by atoms with E-state index >= 15 is 0 Å². The standard InChI is InChI=1S/C18H29ClN4O/c1-20-18(22-12-10-15-8-9-17(19)23-14-15)21-11-5-13-24-16-6-3-2-4-7-16/h8-9,14,16H,2-7,10-13H2,1H3,(H2,20,21,22). The molecule has 0 atom stereocenters. The van der Waals surface area contributed by atoms with Gasteiger partial charge in [0.15, 0.2) is 5.96 Å². The summed E-state index contributed by atoms with van der Waals surface area (Å²) in [6.07, 6.45) is 10.7. The average Bonchev–Trinajstić information content (AvgIpc) is 2.62. The SMILES string of the molecule is CN=C(NCCCOC1CCCCC1)NCCc1ccc(Cl)nc1. The fraction of sp³-hybridized carbons (Fsp3) is 0.667. The van der Waals surface area contributed by atoms with E-state index in [0.717, 1.165) is 44.1 Å². The number of nitrogens with zero attached hydrogens (tertiary/aromatic N) is 2. The highest BCUT2D eigenvalue weighted by Gasteiger charge is 2.12. The van der Waals surface area contributed by atoms with Crippen molar-refractivity contribution in [3.8, 4) is 0 Å². The Hall–Kier alpha value is -1.33. The van der Waals surface area contributed by atoms with Crippen LogP contribution >= 0.6 is 11.6 Å². The van der Waals surface area contributed by atoms with Crippen molar-refractivity contribution >= 4 is 17.6 Å². The molecule has 0 saturated heterocycles. The Balaban J connectivity index is 1.52. The third kappa shape index (κ3) is 7.49. The molecule has 1 aliphatic rings. The first kappa shape index (κ1) is 19.0. The van der Waals surface area contributed by atoms with Gasteiger partial charge >= 0.3 is 0 Å². The van der Waals surface area contributed by atoms with Crippen molar-refractivity contribution in [2.45, 2.75) is 51.0 Å². The predicted octanol–water partition coefficient (Wildman–Crippen LogP) is 3.18. The van der Waals surface area contributed by atoms with E-state index in [2.05, 4.69) is 20.6 Å². The number of hydrogen-bond acceptors (Lipinski definition) is 3. The lowest BCUT2D eigenvalue weighted by Gasteiger charge is -2.22. The Morgan fingerprint density at radius 3 is 2.75 bits per heavy atom. The third-order valence-corrected chi connectivity index (χ3v) is 4.46. The fourth-order valence-corrected chi connectivity index (χ4v) is 2.97. The van der Waals surface area contributed by atoms with Gasteiger partial charge < -0.3 is 15.4 Å². The average molecular weight is 353 g/mol. The molecule has 1 fully saturated rings. The smallest absolute Gasteiger partial charge is 0.190 e. The molecule has 2 rings (SSSR count). The summed E-state index contributed by atoms with van der Waals surface area (Å²) in [4.78, 5) is 8.32. The van der Waals surface area contributed by atoms with Gasteiger partial charge in [-0.2, -0.15) is 0 Å². The lowest BCUT2D eigenvalue weighted by molar-refractivity contribution is 0.0277. The molecule has 5 nitrogen and oxygen atoms in total. The van der Waals surface area contributed by atoms with Crippen LogP contribution in [0.15, 0.2) is 23.3 Å². The molecule has 134 valence electrons. The van der Waals surface area contributed by atoms with Gasteiger partial charge in [-0.1, -0.05) is 36.9 Å². The molecule has 0 aliphatic heterocycles. The van der Waals surface area contributed by atoms with Crippen LogP contribution in [0.1, 0.15) is 44.1 Å². The van der Waals surface area contributed by atoms with Crippen LogP contribution < -0.4 is 10.6 Å². The van der Waals surface area contributed by atoms with Crippen LogP contribution in [0.5, 0.6) is 0 Å². The first-order valence-electron chi connectivity index (χ1n) is 8.94. The minimum absolute atomic E-state index is 0.490. The van der Waals surface area contributed by atoms with Crippen LogP contribution in [0.3, 0.4) is 0 Å². The van der Waals surface area contributed by atoms with Crippen LogP contribution in [-0.4, -0.2) is 43.8 Å². The zero-order valence-electron chi connectivity index (χ0n) is 14.6. The van der Waals surface area contributed by atoms with Crippen LogP contribution in [0, 0.1) is 0 Å². The van der Waals surface area contributed by atoms with E-state index in [1.54, 1.807) is 7.05 Å². The van der Waals surface area contributed by atoms with Gasteiger partial charge in [-0.05, 0) is 37.3 Å². The van der Waals surface area contributed by atoms with Gasteiger partial charge in [0, 0.05) is 32.9 Å². The molecule has 0 spiro atoms. The van der Waals surface area contributed by atoms with E-state index in [0.29, 0.717) is 11.3 Å². The van der Waals surface area contributed by atoms with E-state index in [1.165, 1.54) is 32.1 Å². The molecule has 1 heterocycles. The molecule has 0 aromatic carbocycles. The number of pyridine rings is 1. The van der Waals surface area contributed by atoms with Gasteiger partial charge in [0.1, 0.15) is 5.15 Å². The van der Waals surface area contributed by atoms with Crippen LogP contribution in [-0.2, 0) is 11.2 Å². The van der Waals surface area contributed by atoms with Crippen molar-refractivity contribution in [3.05, 3.63) is 29.0 Å². The maximum atomic E-state index is 5.93. The van der Waals surface area contributed by atoms with Crippen molar-refractivity contribution in [2.24, 2.45) is 4.99 Å². The van der Waals surface area contributed by atoms with Gasteiger partial charge in [0.2, 0.25) is 0 Å². The van der Waals surface area contributed by atoms with Crippen LogP contribution in [0.4, 0.5) is 0 Å². The monoisotopic (exact) mass is 352 g/mol. The van der Waals surface area contributed by atoms with E-state index in [4.69, 9.17) is 16.3 Å². The molecule has 6 heteroatoms. The normalized spacial score (nSPS) is 16.2.